The molecule has 0 N–H and O–H groups in total. The maximum Gasteiger partial charge on any atom is 0.416 e. The summed E-state index contributed by atoms with van der Waals surface area (Å²) in [5.41, 5.74) is -0.101. The Bertz CT molecular complexity index is 940. The molecule has 1 saturated heterocycles. The minimum Gasteiger partial charge on any atom is -0.373 e. The van der Waals surface area contributed by atoms with Gasteiger partial charge in [-0.2, -0.15) is 13.2 Å². The van der Waals surface area contributed by atoms with Gasteiger partial charge >= 0.3 is 6.18 Å². The zero-order valence-corrected chi connectivity index (χ0v) is 17.1. The van der Waals surface area contributed by atoms with E-state index in [2.05, 4.69) is 0 Å². The Kier molecular flexibility index (Phi) is 5.85. The molecule has 0 aliphatic carbocycles. The van der Waals surface area contributed by atoms with E-state index in [9.17, 15) is 21.6 Å². The van der Waals surface area contributed by atoms with E-state index in [1.807, 2.05) is 30.5 Å². The van der Waals surface area contributed by atoms with E-state index < -0.39 is 32.4 Å². The van der Waals surface area contributed by atoms with Crippen molar-refractivity contribution in [1.82, 2.24) is 0 Å². The smallest absolute Gasteiger partial charge is 0.373 e. The minimum atomic E-state index is -4.59. The molecule has 152 valence electrons. The molecule has 0 aromatic heterocycles. The van der Waals surface area contributed by atoms with Crippen molar-refractivity contribution < 1.29 is 26.3 Å². The number of benzene rings is 2. The van der Waals surface area contributed by atoms with Crippen LogP contribution in [0, 0.1) is 0 Å². The SMILES string of the molecule is CSc1ccc(C2CC(C)(S(=O)(=O)c3cccc(C(F)(F)F)c3)CCO2)cc1. The van der Waals surface area contributed by atoms with Crippen LogP contribution in [-0.2, 0) is 20.8 Å². The van der Waals surface area contributed by atoms with Crippen LogP contribution in [0.5, 0.6) is 0 Å². The van der Waals surface area contributed by atoms with Crippen molar-refractivity contribution in [3.8, 4) is 0 Å². The summed E-state index contributed by atoms with van der Waals surface area (Å²) in [6.45, 7) is 1.82. The average molecular weight is 431 g/mol. The molecule has 1 aliphatic rings. The first kappa shape index (κ1) is 21.2. The second kappa shape index (κ2) is 7.72. The monoisotopic (exact) mass is 430 g/mol. The van der Waals surface area contributed by atoms with E-state index in [-0.39, 0.29) is 24.3 Å². The van der Waals surface area contributed by atoms with Crippen LogP contribution in [0.25, 0.3) is 0 Å². The number of thioether (sulfide) groups is 1. The number of hydrogen-bond donors (Lipinski definition) is 0. The van der Waals surface area contributed by atoms with Crippen molar-refractivity contribution in [3.63, 3.8) is 0 Å². The summed E-state index contributed by atoms with van der Waals surface area (Å²) in [6.07, 6.45) is -2.64. The summed E-state index contributed by atoms with van der Waals surface area (Å²) in [5.74, 6) is 0. The topological polar surface area (TPSA) is 43.4 Å². The molecule has 0 radical (unpaired) electrons. The fourth-order valence-corrected chi connectivity index (χ4v) is 5.61. The molecule has 2 aromatic rings. The molecule has 1 fully saturated rings. The number of hydrogen-bond acceptors (Lipinski definition) is 4. The number of halogens is 3. The lowest BCUT2D eigenvalue weighted by atomic mass is 9.92. The Morgan fingerprint density at radius 3 is 2.43 bits per heavy atom. The van der Waals surface area contributed by atoms with Crippen molar-refractivity contribution in [3.05, 3.63) is 59.7 Å². The minimum absolute atomic E-state index is 0.185. The second-order valence-corrected chi connectivity index (χ2v) is 10.4. The molecule has 0 saturated carbocycles. The van der Waals surface area contributed by atoms with E-state index in [0.29, 0.717) is 0 Å². The lowest BCUT2D eigenvalue weighted by molar-refractivity contribution is -0.137. The molecule has 28 heavy (non-hydrogen) atoms. The Morgan fingerprint density at radius 2 is 1.82 bits per heavy atom. The van der Waals surface area contributed by atoms with Crippen LogP contribution in [-0.4, -0.2) is 26.0 Å². The third-order valence-corrected chi connectivity index (χ3v) is 8.46. The first-order valence-electron chi connectivity index (χ1n) is 8.74. The lowest BCUT2D eigenvalue weighted by Gasteiger charge is -2.38. The van der Waals surface area contributed by atoms with Gasteiger partial charge in [-0.3, -0.25) is 0 Å². The maximum absolute atomic E-state index is 13.2. The van der Waals surface area contributed by atoms with Crippen LogP contribution in [0.3, 0.4) is 0 Å². The largest absolute Gasteiger partial charge is 0.416 e. The summed E-state index contributed by atoms with van der Waals surface area (Å²) < 4.78 is 70.1. The van der Waals surface area contributed by atoms with Crippen molar-refractivity contribution in [1.29, 1.82) is 0 Å². The molecule has 3 rings (SSSR count). The normalized spacial score (nSPS) is 23.5. The number of ether oxygens (including phenoxy) is 1. The zero-order valence-electron chi connectivity index (χ0n) is 15.5. The van der Waals surface area contributed by atoms with E-state index in [0.717, 1.165) is 28.7 Å². The fourth-order valence-electron chi connectivity index (χ4n) is 3.37. The highest BCUT2D eigenvalue weighted by molar-refractivity contribution is 7.98. The lowest BCUT2D eigenvalue weighted by Crippen LogP contribution is -2.42. The van der Waals surface area contributed by atoms with Crippen molar-refractivity contribution in [2.75, 3.05) is 12.9 Å². The van der Waals surface area contributed by atoms with Gasteiger partial charge in [-0.05, 0) is 61.9 Å². The molecule has 3 nitrogen and oxygen atoms in total. The summed E-state index contributed by atoms with van der Waals surface area (Å²) >= 11 is 1.60. The van der Waals surface area contributed by atoms with Crippen molar-refractivity contribution >= 4 is 21.6 Å². The van der Waals surface area contributed by atoms with Gasteiger partial charge in [-0.15, -0.1) is 11.8 Å². The van der Waals surface area contributed by atoms with Gasteiger partial charge in [0.1, 0.15) is 0 Å². The summed E-state index contributed by atoms with van der Waals surface area (Å²) in [4.78, 5) is 0.780. The van der Waals surface area contributed by atoms with Gasteiger partial charge < -0.3 is 4.74 Å². The predicted octanol–water partition coefficient (Wildman–Crippen LogP) is 5.51. The average Bonchev–Trinajstić information content (AvgIpc) is 2.67. The first-order valence-corrected chi connectivity index (χ1v) is 11.4. The summed E-state index contributed by atoms with van der Waals surface area (Å²) in [7, 11) is -3.98. The highest BCUT2D eigenvalue weighted by Crippen LogP contribution is 2.43. The fraction of sp³-hybridized carbons (Fsp3) is 0.400. The molecular formula is C20H21F3O3S2. The Morgan fingerprint density at radius 1 is 1.14 bits per heavy atom. The van der Waals surface area contributed by atoms with Crippen LogP contribution in [0.15, 0.2) is 58.3 Å². The van der Waals surface area contributed by atoms with E-state index in [4.69, 9.17) is 4.74 Å². The molecule has 1 aliphatic heterocycles. The van der Waals surface area contributed by atoms with Crippen LogP contribution >= 0.6 is 11.8 Å². The number of rotatable bonds is 4. The third kappa shape index (κ3) is 4.09. The Labute approximate surface area is 167 Å². The quantitative estimate of drug-likeness (QED) is 0.600. The summed E-state index contributed by atoms with van der Waals surface area (Å²) in [6, 6.07) is 11.6. The van der Waals surface area contributed by atoms with Gasteiger partial charge in [0.2, 0.25) is 0 Å². The van der Waals surface area contributed by atoms with Crippen LogP contribution in [0.1, 0.15) is 37.0 Å². The van der Waals surface area contributed by atoms with E-state index >= 15 is 0 Å². The summed E-state index contributed by atoms with van der Waals surface area (Å²) in [5, 5.41) is 0. The van der Waals surface area contributed by atoms with Gasteiger partial charge in [-0.25, -0.2) is 8.42 Å². The van der Waals surface area contributed by atoms with Crippen LogP contribution < -0.4 is 0 Å². The zero-order chi connectivity index (χ0) is 20.6. The number of sulfone groups is 1. The highest BCUT2D eigenvalue weighted by Gasteiger charge is 2.45. The van der Waals surface area contributed by atoms with Gasteiger partial charge in [0.15, 0.2) is 9.84 Å². The van der Waals surface area contributed by atoms with Gasteiger partial charge in [0.05, 0.1) is 21.3 Å². The third-order valence-electron chi connectivity index (χ3n) is 5.18. The molecular weight excluding hydrogens is 409 g/mol. The number of alkyl halides is 3. The molecule has 8 heteroatoms. The Hall–Kier alpha value is -1.51. The van der Waals surface area contributed by atoms with Crippen LogP contribution in [0.2, 0.25) is 0 Å². The standard InChI is InChI=1S/C20H21F3O3S2/c1-19(28(24,25)17-5-3-4-15(12-17)20(21,22)23)10-11-26-18(13-19)14-6-8-16(27-2)9-7-14/h3-9,12,18H,10-11,13H2,1-2H3. The van der Waals surface area contributed by atoms with Gasteiger partial charge in [0, 0.05) is 11.5 Å². The molecule has 1 heterocycles. The van der Waals surface area contributed by atoms with Gasteiger partial charge in [0.25, 0.3) is 0 Å². The Balaban J connectivity index is 1.92. The molecule has 0 amide bonds. The van der Waals surface area contributed by atoms with Crippen molar-refractivity contribution in [2.45, 2.75) is 46.6 Å². The van der Waals surface area contributed by atoms with Crippen molar-refractivity contribution in [2.24, 2.45) is 0 Å². The highest BCUT2D eigenvalue weighted by atomic mass is 32.2. The molecule has 2 aromatic carbocycles. The van der Waals surface area contributed by atoms with Gasteiger partial charge in [-0.1, -0.05) is 18.2 Å². The van der Waals surface area contributed by atoms with E-state index in [1.165, 1.54) is 6.07 Å². The maximum atomic E-state index is 13.2. The molecule has 0 bridgehead atoms. The molecule has 2 atom stereocenters. The molecule has 2 unspecified atom stereocenters. The first-order chi connectivity index (χ1) is 13.1. The van der Waals surface area contributed by atoms with Crippen LogP contribution in [0.4, 0.5) is 13.2 Å². The second-order valence-electron chi connectivity index (χ2n) is 7.07. The van der Waals surface area contributed by atoms with E-state index in [1.54, 1.807) is 18.7 Å². The predicted molar refractivity (Wildman–Crippen MR) is 103 cm³/mol. The molecule has 0 spiro atoms.